The van der Waals surface area contributed by atoms with E-state index < -0.39 is 0 Å². The highest BCUT2D eigenvalue weighted by molar-refractivity contribution is 9.10. The van der Waals surface area contributed by atoms with Crippen LogP contribution in [0.1, 0.15) is 18.4 Å². The molecule has 0 bridgehead atoms. The van der Waals surface area contributed by atoms with Gasteiger partial charge in [-0.2, -0.15) is 0 Å². The van der Waals surface area contributed by atoms with E-state index in [1.807, 2.05) is 12.1 Å². The summed E-state index contributed by atoms with van der Waals surface area (Å²) in [5, 5.41) is 7.51. The Morgan fingerprint density at radius 3 is 2.77 bits per heavy atom. The van der Waals surface area contributed by atoms with Crippen LogP contribution in [0, 0.1) is 5.41 Å². The van der Waals surface area contributed by atoms with E-state index in [0.717, 1.165) is 23.0 Å². The Kier molecular flexibility index (Phi) is 1.87. The fourth-order valence-electron chi connectivity index (χ4n) is 1.54. The van der Waals surface area contributed by atoms with E-state index in [1.165, 1.54) is 0 Å². The van der Waals surface area contributed by atoms with Gasteiger partial charge in [-0.3, -0.25) is 5.41 Å². The third-order valence-corrected chi connectivity index (χ3v) is 2.98. The number of hydrogen-bond donors (Lipinski definition) is 2. The minimum atomic E-state index is -0.175. The van der Waals surface area contributed by atoms with Crippen LogP contribution < -0.4 is 5.73 Å². The summed E-state index contributed by atoms with van der Waals surface area (Å²) >= 11 is 3.31. The number of rotatable bonds is 2. The van der Waals surface area contributed by atoms with Crippen LogP contribution in [0.25, 0.3) is 0 Å². The van der Waals surface area contributed by atoms with Gasteiger partial charge in [-0.15, -0.1) is 0 Å². The fourth-order valence-corrected chi connectivity index (χ4v) is 1.90. The first-order valence-electron chi connectivity index (χ1n) is 4.12. The Morgan fingerprint density at radius 2 is 2.31 bits per heavy atom. The van der Waals surface area contributed by atoms with Crippen molar-refractivity contribution in [1.29, 1.82) is 5.41 Å². The molecule has 4 heteroatoms. The van der Waals surface area contributed by atoms with E-state index in [4.69, 9.17) is 11.1 Å². The SMILES string of the molecule is N=C(N)C1(c2ccnc(Br)c2)CC1. The maximum Gasteiger partial charge on any atom is 0.106 e. The second-order valence-corrected chi connectivity index (χ2v) is 4.18. The molecule has 13 heavy (non-hydrogen) atoms. The summed E-state index contributed by atoms with van der Waals surface area (Å²) in [6.07, 6.45) is 3.71. The second-order valence-electron chi connectivity index (χ2n) is 3.36. The smallest absolute Gasteiger partial charge is 0.106 e. The molecule has 68 valence electrons. The highest BCUT2D eigenvalue weighted by atomic mass is 79.9. The molecule has 0 amide bonds. The second kappa shape index (κ2) is 2.80. The van der Waals surface area contributed by atoms with Crippen LogP contribution in [0.5, 0.6) is 0 Å². The molecule has 0 aliphatic heterocycles. The normalized spacial score (nSPS) is 18.2. The Balaban J connectivity index is 2.41. The molecule has 1 saturated carbocycles. The molecule has 1 aromatic heterocycles. The van der Waals surface area contributed by atoms with Gasteiger partial charge in [0.2, 0.25) is 0 Å². The largest absolute Gasteiger partial charge is 0.387 e. The molecule has 0 saturated heterocycles. The van der Waals surface area contributed by atoms with Crippen molar-refractivity contribution in [3.8, 4) is 0 Å². The molecule has 0 aromatic carbocycles. The summed E-state index contributed by atoms with van der Waals surface area (Å²) in [6.45, 7) is 0. The molecule has 2 rings (SSSR count). The van der Waals surface area contributed by atoms with E-state index in [2.05, 4.69) is 20.9 Å². The van der Waals surface area contributed by atoms with Gasteiger partial charge in [0.1, 0.15) is 10.4 Å². The quantitative estimate of drug-likeness (QED) is 0.470. The molecule has 1 aliphatic carbocycles. The van der Waals surface area contributed by atoms with Gasteiger partial charge in [0.05, 0.1) is 5.41 Å². The number of nitrogens with zero attached hydrogens (tertiary/aromatic N) is 1. The molecule has 3 N–H and O–H groups in total. The molecule has 1 aliphatic rings. The number of nitrogens with two attached hydrogens (primary N) is 1. The molecule has 0 radical (unpaired) electrons. The molecule has 0 atom stereocenters. The number of amidine groups is 1. The average molecular weight is 240 g/mol. The number of hydrogen-bond acceptors (Lipinski definition) is 2. The number of pyridine rings is 1. The predicted molar refractivity (Wildman–Crippen MR) is 54.8 cm³/mol. The van der Waals surface area contributed by atoms with E-state index >= 15 is 0 Å². The van der Waals surface area contributed by atoms with E-state index in [0.29, 0.717) is 0 Å². The topological polar surface area (TPSA) is 62.8 Å². The van der Waals surface area contributed by atoms with Crippen molar-refractivity contribution >= 4 is 21.8 Å². The number of aromatic nitrogens is 1. The molecular formula is C9H10BrN3. The van der Waals surface area contributed by atoms with Crippen LogP contribution in [0.4, 0.5) is 0 Å². The van der Waals surface area contributed by atoms with Gasteiger partial charge in [0.15, 0.2) is 0 Å². The number of halogens is 1. The van der Waals surface area contributed by atoms with Crippen LogP contribution >= 0.6 is 15.9 Å². The first-order valence-corrected chi connectivity index (χ1v) is 4.91. The zero-order valence-electron chi connectivity index (χ0n) is 7.05. The van der Waals surface area contributed by atoms with Gasteiger partial charge >= 0.3 is 0 Å². The van der Waals surface area contributed by atoms with E-state index in [-0.39, 0.29) is 11.3 Å². The summed E-state index contributed by atoms with van der Waals surface area (Å²) < 4.78 is 0.803. The predicted octanol–water partition coefficient (Wildman–Crippen LogP) is 1.81. The molecule has 0 spiro atoms. The molecule has 1 heterocycles. The van der Waals surface area contributed by atoms with Crippen molar-refractivity contribution in [2.24, 2.45) is 5.73 Å². The van der Waals surface area contributed by atoms with Crippen molar-refractivity contribution in [2.75, 3.05) is 0 Å². The summed E-state index contributed by atoms with van der Waals surface area (Å²) in [4.78, 5) is 4.05. The molecule has 1 fully saturated rings. The lowest BCUT2D eigenvalue weighted by atomic mass is 9.96. The number of nitrogens with one attached hydrogen (secondary N) is 1. The minimum Gasteiger partial charge on any atom is -0.387 e. The zero-order valence-corrected chi connectivity index (χ0v) is 8.63. The van der Waals surface area contributed by atoms with Crippen molar-refractivity contribution < 1.29 is 0 Å². The van der Waals surface area contributed by atoms with Crippen LogP contribution in [0.15, 0.2) is 22.9 Å². The minimum absolute atomic E-state index is 0.175. The monoisotopic (exact) mass is 239 g/mol. The lowest BCUT2D eigenvalue weighted by Gasteiger charge is -2.13. The summed E-state index contributed by atoms with van der Waals surface area (Å²) in [5.41, 5.74) is 6.49. The average Bonchev–Trinajstić information content (AvgIpc) is 2.83. The van der Waals surface area contributed by atoms with Gasteiger partial charge in [0, 0.05) is 6.20 Å². The fraction of sp³-hybridized carbons (Fsp3) is 0.333. The molecular weight excluding hydrogens is 230 g/mol. The molecule has 0 unspecified atom stereocenters. The first-order chi connectivity index (χ1) is 6.15. The van der Waals surface area contributed by atoms with Gasteiger partial charge in [-0.1, -0.05) is 0 Å². The Bertz CT molecular complexity index is 358. The lowest BCUT2D eigenvalue weighted by Crippen LogP contribution is -2.27. The summed E-state index contributed by atoms with van der Waals surface area (Å²) in [5.74, 6) is 0.269. The Labute approximate surface area is 85.0 Å². The van der Waals surface area contributed by atoms with Crippen molar-refractivity contribution in [3.63, 3.8) is 0 Å². The van der Waals surface area contributed by atoms with Crippen LogP contribution in [0.2, 0.25) is 0 Å². The molecule has 1 aromatic rings. The van der Waals surface area contributed by atoms with E-state index in [1.54, 1.807) is 6.20 Å². The van der Waals surface area contributed by atoms with Gasteiger partial charge in [-0.05, 0) is 46.5 Å². The summed E-state index contributed by atoms with van der Waals surface area (Å²) in [7, 11) is 0. The van der Waals surface area contributed by atoms with Crippen LogP contribution in [0.3, 0.4) is 0 Å². The van der Waals surface area contributed by atoms with E-state index in [9.17, 15) is 0 Å². The third kappa shape index (κ3) is 1.35. The Hall–Kier alpha value is -0.900. The maximum absolute atomic E-state index is 7.51. The van der Waals surface area contributed by atoms with Crippen LogP contribution in [-0.4, -0.2) is 10.8 Å². The summed E-state index contributed by atoms with van der Waals surface area (Å²) in [6, 6.07) is 3.87. The van der Waals surface area contributed by atoms with Crippen molar-refractivity contribution in [1.82, 2.24) is 4.98 Å². The van der Waals surface area contributed by atoms with Crippen molar-refractivity contribution in [3.05, 3.63) is 28.5 Å². The highest BCUT2D eigenvalue weighted by Crippen LogP contribution is 2.48. The standard InChI is InChI=1S/C9H10BrN3/c10-7-5-6(1-4-13-7)9(2-3-9)8(11)12/h1,4-5H,2-3H2,(H3,11,12). The molecule has 3 nitrogen and oxygen atoms in total. The Morgan fingerprint density at radius 1 is 1.62 bits per heavy atom. The highest BCUT2D eigenvalue weighted by Gasteiger charge is 2.47. The van der Waals surface area contributed by atoms with Gasteiger partial charge < -0.3 is 5.73 Å². The van der Waals surface area contributed by atoms with Crippen molar-refractivity contribution in [2.45, 2.75) is 18.3 Å². The third-order valence-electron chi connectivity index (χ3n) is 2.54. The lowest BCUT2D eigenvalue weighted by molar-refractivity contribution is 0.914. The zero-order chi connectivity index (χ0) is 9.47. The maximum atomic E-state index is 7.51. The first kappa shape index (κ1) is 8.69. The van der Waals surface area contributed by atoms with Crippen LogP contribution in [-0.2, 0) is 5.41 Å². The van der Waals surface area contributed by atoms with Gasteiger partial charge in [0.25, 0.3) is 0 Å². The van der Waals surface area contributed by atoms with Gasteiger partial charge in [-0.25, -0.2) is 4.98 Å².